The molecule has 4 heteroatoms. The standard InChI is InChI=1S/C5H11NO2S/c1-3-4-5-6-9(2,7)8/h3,6H,1,4-5H2,2H3. The molecule has 0 aromatic carbocycles. The van der Waals surface area contributed by atoms with Gasteiger partial charge in [-0.25, -0.2) is 13.1 Å². The van der Waals surface area contributed by atoms with Crippen molar-refractivity contribution in [1.29, 1.82) is 0 Å². The number of nitrogens with one attached hydrogen (secondary N) is 1. The fourth-order valence-electron chi connectivity index (χ4n) is 0.346. The van der Waals surface area contributed by atoms with Crippen LogP contribution >= 0.6 is 0 Å². The van der Waals surface area contributed by atoms with Crippen LogP contribution < -0.4 is 4.72 Å². The van der Waals surface area contributed by atoms with Crippen molar-refractivity contribution in [1.82, 2.24) is 4.72 Å². The van der Waals surface area contributed by atoms with E-state index in [1.807, 2.05) is 0 Å². The van der Waals surface area contributed by atoms with Crippen molar-refractivity contribution >= 4 is 10.0 Å². The molecule has 9 heavy (non-hydrogen) atoms. The maximum Gasteiger partial charge on any atom is 0.208 e. The lowest BCUT2D eigenvalue weighted by Gasteiger charge is -1.96. The quantitative estimate of drug-likeness (QED) is 0.455. The van der Waals surface area contributed by atoms with Gasteiger partial charge in [0, 0.05) is 6.54 Å². The van der Waals surface area contributed by atoms with E-state index in [9.17, 15) is 8.42 Å². The van der Waals surface area contributed by atoms with Crippen molar-refractivity contribution in [2.24, 2.45) is 0 Å². The highest BCUT2D eigenvalue weighted by Gasteiger charge is 1.95. The number of hydrogen-bond acceptors (Lipinski definition) is 2. The summed E-state index contributed by atoms with van der Waals surface area (Å²) in [5, 5.41) is 0. The Balaban J connectivity index is 3.40. The molecular weight excluding hydrogens is 138 g/mol. The maximum absolute atomic E-state index is 10.4. The average molecular weight is 149 g/mol. The lowest BCUT2D eigenvalue weighted by molar-refractivity contribution is 0.588. The summed E-state index contributed by atoms with van der Waals surface area (Å²) in [7, 11) is -2.99. The van der Waals surface area contributed by atoms with E-state index in [4.69, 9.17) is 0 Å². The summed E-state index contributed by atoms with van der Waals surface area (Å²) in [6.07, 6.45) is 3.47. The molecular formula is C5H11NO2S. The van der Waals surface area contributed by atoms with Gasteiger partial charge in [-0.2, -0.15) is 0 Å². The van der Waals surface area contributed by atoms with Crippen LogP contribution in [0, 0.1) is 0 Å². The van der Waals surface area contributed by atoms with Gasteiger partial charge in [0.1, 0.15) is 0 Å². The van der Waals surface area contributed by atoms with Crippen LogP contribution in [0.3, 0.4) is 0 Å². The largest absolute Gasteiger partial charge is 0.215 e. The molecule has 0 aromatic heterocycles. The Morgan fingerprint density at radius 2 is 2.22 bits per heavy atom. The van der Waals surface area contributed by atoms with Crippen LogP contribution in [-0.2, 0) is 10.0 Å². The zero-order valence-corrected chi connectivity index (χ0v) is 6.24. The van der Waals surface area contributed by atoms with Crippen LogP contribution in [0.1, 0.15) is 6.42 Å². The van der Waals surface area contributed by atoms with E-state index in [-0.39, 0.29) is 0 Å². The number of hydrogen-bond donors (Lipinski definition) is 1. The third-order valence-electron chi connectivity index (χ3n) is 0.713. The first kappa shape index (κ1) is 8.65. The van der Waals surface area contributed by atoms with Gasteiger partial charge in [0.2, 0.25) is 10.0 Å². The fraction of sp³-hybridized carbons (Fsp3) is 0.600. The maximum atomic E-state index is 10.4. The second-order valence-electron chi connectivity index (χ2n) is 1.74. The molecule has 0 aliphatic carbocycles. The molecule has 0 radical (unpaired) electrons. The van der Waals surface area contributed by atoms with Crippen LogP contribution in [0.25, 0.3) is 0 Å². The Labute approximate surface area is 55.8 Å². The molecule has 0 rings (SSSR count). The van der Waals surface area contributed by atoms with E-state index in [0.29, 0.717) is 13.0 Å². The predicted octanol–water partition coefficient (Wildman–Crippen LogP) is 0.112. The van der Waals surface area contributed by atoms with E-state index in [2.05, 4.69) is 11.3 Å². The summed E-state index contributed by atoms with van der Waals surface area (Å²) in [6, 6.07) is 0. The minimum absolute atomic E-state index is 0.447. The van der Waals surface area contributed by atoms with Gasteiger partial charge in [-0.05, 0) is 6.42 Å². The van der Waals surface area contributed by atoms with Gasteiger partial charge in [0.15, 0.2) is 0 Å². The Kier molecular flexibility index (Phi) is 3.49. The fourth-order valence-corrected chi connectivity index (χ4v) is 0.835. The first-order valence-electron chi connectivity index (χ1n) is 2.62. The molecule has 0 saturated heterocycles. The minimum Gasteiger partial charge on any atom is -0.215 e. The Morgan fingerprint density at radius 1 is 1.67 bits per heavy atom. The van der Waals surface area contributed by atoms with Crippen molar-refractivity contribution in [2.75, 3.05) is 12.8 Å². The molecule has 0 unspecified atom stereocenters. The molecule has 3 nitrogen and oxygen atoms in total. The zero-order chi connectivity index (χ0) is 7.33. The molecule has 54 valence electrons. The zero-order valence-electron chi connectivity index (χ0n) is 5.42. The first-order valence-corrected chi connectivity index (χ1v) is 4.51. The highest BCUT2D eigenvalue weighted by Crippen LogP contribution is 1.78. The summed E-state index contributed by atoms with van der Waals surface area (Å²) in [6.45, 7) is 3.89. The molecule has 0 aliphatic heterocycles. The van der Waals surface area contributed by atoms with E-state index in [1.54, 1.807) is 6.08 Å². The van der Waals surface area contributed by atoms with Crippen LogP contribution in [-0.4, -0.2) is 21.2 Å². The predicted molar refractivity (Wildman–Crippen MR) is 37.7 cm³/mol. The summed E-state index contributed by atoms with van der Waals surface area (Å²) in [4.78, 5) is 0. The molecule has 0 spiro atoms. The van der Waals surface area contributed by atoms with Crippen LogP contribution in [0.2, 0.25) is 0 Å². The van der Waals surface area contributed by atoms with E-state index in [1.165, 1.54) is 0 Å². The van der Waals surface area contributed by atoms with Gasteiger partial charge in [-0.1, -0.05) is 6.08 Å². The Morgan fingerprint density at radius 3 is 2.56 bits per heavy atom. The lowest BCUT2D eigenvalue weighted by Crippen LogP contribution is -2.22. The molecule has 0 bridgehead atoms. The van der Waals surface area contributed by atoms with Crippen molar-refractivity contribution in [3.63, 3.8) is 0 Å². The van der Waals surface area contributed by atoms with Crippen LogP contribution in [0.5, 0.6) is 0 Å². The van der Waals surface area contributed by atoms with Gasteiger partial charge >= 0.3 is 0 Å². The molecule has 0 aromatic rings. The second kappa shape index (κ2) is 3.63. The first-order chi connectivity index (χ1) is 4.06. The topological polar surface area (TPSA) is 46.2 Å². The summed E-state index contributed by atoms with van der Waals surface area (Å²) < 4.78 is 23.0. The number of rotatable bonds is 4. The smallest absolute Gasteiger partial charge is 0.208 e. The van der Waals surface area contributed by atoms with E-state index >= 15 is 0 Å². The molecule has 0 aliphatic rings. The third-order valence-corrected chi connectivity index (χ3v) is 1.44. The van der Waals surface area contributed by atoms with Gasteiger partial charge in [-0.15, -0.1) is 6.58 Å². The van der Waals surface area contributed by atoms with Crippen molar-refractivity contribution in [3.8, 4) is 0 Å². The number of sulfonamides is 1. The van der Waals surface area contributed by atoms with E-state index < -0.39 is 10.0 Å². The lowest BCUT2D eigenvalue weighted by atomic mass is 10.4. The Bertz CT molecular complexity index is 171. The molecule has 1 N–H and O–H groups in total. The van der Waals surface area contributed by atoms with Crippen LogP contribution in [0.15, 0.2) is 12.7 Å². The SMILES string of the molecule is C=CCCNS(C)(=O)=O. The molecule has 0 amide bonds. The monoisotopic (exact) mass is 149 g/mol. The molecule has 0 atom stereocenters. The highest BCUT2D eigenvalue weighted by atomic mass is 32.2. The highest BCUT2D eigenvalue weighted by molar-refractivity contribution is 7.88. The van der Waals surface area contributed by atoms with Gasteiger partial charge in [0.25, 0.3) is 0 Å². The van der Waals surface area contributed by atoms with Crippen molar-refractivity contribution in [3.05, 3.63) is 12.7 Å². The Hall–Kier alpha value is -0.350. The van der Waals surface area contributed by atoms with Gasteiger partial charge < -0.3 is 0 Å². The molecule has 0 heterocycles. The summed E-state index contributed by atoms with van der Waals surface area (Å²) >= 11 is 0. The molecule has 0 fully saturated rings. The van der Waals surface area contributed by atoms with Crippen molar-refractivity contribution < 1.29 is 8.42 Å². The third kappa shape index (κ3) is 7.65. The summed E-state index contributed by atoms with van der Waals surface area (Å²) in [5.74, 6) is 0. The summed E-state index contributed by atoms with van der Waals surface area (Å²) in [5.41, 5.74) is 0. The second-order valence-corrected chi connectivity index (χ2v) is 3.58. The van der Waals surface area contributed by atoms with E-state index in [0.717, 1.165) is 6.26 Å². The van der Waals surface area contributed by atoms with Gasteiger partial charge in [-0.3, -0.25) is 0 Å². The van der Waals surface area contributed by atoms with Gasteiger partial charge in [0.05, 0.1) is 6.26 Å². The average Bonchev–Trinajstić information content (AvgIpc) is 1.63. The molecule has 0 saturated carbocycles. The van der Waals surface area contributed by atoms with Crippen molar-refractivity contribution in [2.45, 2.75) is 6.42 Å². The normalized spacial score (nSPS) is 11.2. The van der Waals surface area contributed by atoms with Crippen LogP contribution in [0.4, 0.5) is 0 Å². The minimum atomic E-state index is -2.99.